The fraction of sp³-hybridized carbons (Fsp3) is 0. The second kappa shape index (κ2) is 32.5. The lowest BCUT2D eigenvalue weighted by atomic mass is 9.84. The smallest absolute Gasteiger partial charge is 0.136 e. The summed E-state index contributed by atoms with van der Waals surface area (Å²) in [5, 5.41) is 17.5. The summed E-state index contributed by atoms with van der Waals surface area (Å²) in [4.78, 5) is 0. The number of fused-ring (bicyclic) bond motifs is 22. The van der Waals surface area contributed by atoms with E-state index in [0.717, 1.165) is 103 Å². The van der Waals surface area contributed by atoms with E-state index in [1.807, 2.05) is 243 Å². The molecule has 3 heterocycles. The van der Waals surface area contributed by atoms with Gasteiger partial charge in [0.1, 0.15) is 33.5 Å². The van der Waals surface area contributed by atoms with Crippen molar-refractivity contribution in [2.24, 2.45) is 0 Å². The highest BCUT2D eigenvalue weighted by Gasteiger charge is 2.26. The van der Waals surface area contributed by atoms with E-state index in [0.29, 0.717) is 116 Å². The van der Waals surface area contributed by atoms with Gasteiger partial charge in [-0.1, -0.05) is 448 Å². The zero-order valence-electron chi connectivity index (χ0n) is 96.7. The molecule has 29 aromatic rings. The SMILES string of the molecule is [2H]c1c([2H])c([2H])c2c(-c3cccc4oc5ccccc5c34)c3c([2H])c([2H])c([2H])c([2H])c3c(-c3ccc(-c4ccc5ccc6ccccc6c5c4)cc3)c2c1[2H].[2H]c1c([2H])c([2H])c2c(-c3cccc4oc5ccccc5c34)c3c([2H])c([2H])c([2H])c([2H])c3c(-c3ccc(-c4cccc5ccccc45)cc3)c2c1[2H].[2H]c1c([2H])c([2H])c2c(-c3cccc4oc5ccccc5c34)c3c([2H])c([2H])c([2H])c([2H])c3c(-c3cccc(-c4cccc5c4ccc4ccccc45)c3)c2c1[2H]. The summed E-state index contributed by atoms with van der Waals surface area (Å²) in [6.45, 7) is 0. The van der Waals surface area contributed by atoms with Crippen LogP contribution in [0.2, 0.25) is 0 Å². The summed E-state index contributed by atoms with van der Waals surface area (Å²) in [5.74, 6) is 0. The predicted molar refractivity (Wildman–Crippen MR) is 583 cm³/mol. The lowest BCUT2D eigenvalue weighted by Crippen LogP contribution is -1.92. The summed E-state index contributed by atoms with van der Waals surface area (Å²) in [5.41, 5.74) is 14.3. The van der Waals surface area contributed by atoms with Crippen molar-refractivity contribution in [2.75, 3.05) is 0 Å². The molecule has 0 unspecified atom stereocenters. The topological polar surface area (TPSA) is 39.4 Å². The van der Waals surface area contributed by atoms with E-state index < -0.39 is 72.5 Å². The number of rotatable bonds is 9. The van der Waals surface area contributed by atoms with Gasteiger partial charge in [-0.05, 0) is 267 Å². The Morgan fingerprint density at radius 2 is 0.394 bits per heavy atom. The zero-order valence-corrected chi connectivity index (χ0v) is 72.7. The van der Waals surface area contributed by atoms with E-state index in [1.54, 1.807) is 18.2 Å². The van der Waals surface area contributed by atoms with Crippen molar-refractivity contribution in [3.05, 3.63) is 497 Å². The van der Waals surface area contributed by atoms with Crippen molar-refractivity contribution < 1.29 is 46.1 Å². The molecule has 0 aliphatic carbocycles. The van der Waals surface area contributed by atoms with Gasteiger partial charge in [-0.15, -0.1) is 0 Å². The maximum atomic E-state index is 9.44. The van der Waals surface area contributed by atoms with Gasteiger partial charge in [0.2, 0.25) is 0 Å². The third-order valence-electron chi connectivity index (χ3n) is 26.9. The number of hydrogen-bond donors (Lipinski definition) is 0. The monoisotopic (exact) mass is 1760 g/mol. The fourth-order valence-corrected chi connectivity index (χ4v) is 20.9. The average Bonchev–Trinajstić information content (AvgIpc) is 1.63. The van der Waals surface area contributed by atoms with Crippen LogP contribution in [0.1, 0.15) is 32.9 Å². The average molecular weight is 1760 g/mol. The summed E-state index contributed by atoms with van der Waals surface area (Å²) in [6, 6.07) is 105. The molecule has 0 N–H and O–H groups in total. The number of benzene rings is 26. The van der Waals surface area contributed by atoms with Crippen LogP contribution in [-0.2, 0) is 0 Å². The number of furan rings is 3. The van der Waals surface area contributed by atoms with Crippen LogP contribution in [0.3, 0.4) is 0 Å². The maximum absolute atomic E-state index is 9.44. The summed E-state index contributed by atoms with van der Waals surface area (Å²) in [7, 11) is 0. The Kier molecular flexibility index (Phi) is 13.7. The second-order valence-electron chi connectivity index (χ2n) is 34.3. The Morgan fingerprint density at radius 1 is 0.131 bits per heavy atom. The van der Waals surface area contributed by atoms with Crippen LogP contribution >= 0.6 is 0 Å². The minimum absolute atomic E-state index is 0.165. The van der Waals surface area contributed by atoms with Crippen LogP contribution in [-0.4, -0.2) is 0 Å². The van der Waals surface area contributed by atoms with Gasteiger partial charge in [-0.2, -0.15) is 0 Å². The van der Waals surface area contributed by atoms with Crippen LogP contribution in [0.5, 0.6) is 0 Å². The van der Waals surface area contributed by atoms with Crippen molar-refractivity contribution in [2.45, 2.75) is 0 Å². The van der Waals surface area contributed by atoms with E-state index >= 15 is 0 Å². The fourth-order valence-electron chi connectivity index (χ4n) is 20.9. The molecule has 3 aromatic heterocycles. The van der Waals surface area contributed by atoms with Crippen molar-refractivity contribution in [1.29, 1.82) is 0 Å². The Hall–Kier alpha value is -18.0. The molecule has 0 saturated heterocycles. The highest BCUT2D eigenvalue weighted by atomic mass is 16.3. The molecule has 26 aromatic carbocycles. The lowest BCUT2D eigenvalue weighted by molar-refractivity contribution is 0.668. The molecule has 0 saturated carbocycles. The minimum atomic E-state index is -0.439. The van der Waals surface area contributed by atoms with Crippen LogP contribution < -0.4 is 0 Å². The molecule has 0 bridgehead atoms. The van der Waals surface area contributed by atoms with Crippen molar-refractivity contribution in [1.82, 2.24) is 0 Å². The predicted octanol–water partition coefficient (Wildman–Crippen LogP) is 38.4. The molecule has 3 heteroatoms. The summed E-state index contributed by atoms with van der Waals surface area (Å²) >= 11 is 0. The van der Waals surface area contributed by atoms with Gasteiger partial charge >= 0.3 is 0 Å². The van der Waals surface area contributed by atoms with E-state index in [2.05, 4.69) is 91.0 Å². The molecule has 0 amide bonds. The van der Waals surface area contributed by atoms with E-state index in [-0.39, 0.29) is 137 Å². The number of hydrogen-bond acceptors (Lipinski definition) is 3. The van der Waals surface area contributed by atoms with Gasteiger partial charge in [0.05, 0.1) is 32.9 Å². The van der Waals surface area contributed by atoms with E-state index in [4.69, 9.17) is 29.7 Å². The Labute approximate surface area is 823 Å². The molecule has 137 heavy (non-hydrogen) atoms. The highest BCUT2D eigenvalue weighted by Crippen LogP contribution is 2.53. The van der Waals surface area contributed by atoms with Crippen LogP contribution in [0, 0.1) is 0 Å². The molecular weight excluding hydrogens is 1660 g/mol. The van der Waals surface area contributed by atoms with Gasteiger partial charge in [0.15, 0.2) is 0 Å². The third kappa shape index (κ3) is 13.0. The minimum Gasteiger partial charge on any atom is -0.456 e. The van der Waals surface area contributed by atoms with Gasteiger partial charge in [0, 0.05) is 32.3 Å². The molecule has 0 fully saturated rings. The van der Waals surface area contributed by atoms with Gasteiger partial charge < -0.3 is 13.3 Å². The van der Waals surface area contributed by atoms with Gasteiger partial charge in [-0.25, -0.2) is 0 Å². The first-order chi connectivity index (χ1) is 78.0. The largest absolute Gasteiger partial charge is 0.456 e. The Bertz CT molecular complexity index is 11300. The number of para-hydroxylation sites is 3. The molecule has 636 valence electrons. The molecular formula is C134H82O3. The highest BCUT2D eigenvalue weighted by molar-refractivity contribution is 6.30. The lowest BCUT2D eigenvalue weighted by Gasteiger charge is -2.19. The quantitative estimate of drug-likeness (QED) is 0.107. The third-order valence-corrected chi connectivity index (χ3v) is 26.9. The van der Waals surface area contributed by atoms with Crippen molar-refractivity contribution in [3.8, 4) is 100 Å². The summed E-state index contributed by atoms with van der Waals surface area (Å²) < 4.78 is 237. The molecule has 29 rings (SSSR count). The molecule has 0 aliphatic rings. The van der Waals surface area contributed by atoms with Gasteiger partial charge in [-0.3, -0.25) is 0 Å². The molecule has 3 nitrogen and oxygen atoms in total. The second-order valence-corrected chi connectivity index (χ2v) is 34.3. The molecule has 0 atom stereocenters. The first-order valence-corrected chi connectivity index (χ1v) is 45.2. The Morgan fingerprint density at radius 3 is 0.825 bits per heavy atom. The normalized spacial score (nSPS) is 14.2. The standard InChI is InChI=1S/2C46H28O.C42H26O/c1-2-15-32-29(12-1)26-27-35-33(21-10-22-34(32)35)30-13-9-14-31(28-30)44-36-16-3-5-18-38(36)45(39-19-6-4-17-37(39)44)41-23-11-25-43-46(41)40-20-7-8-24-42(40)47-43;1-2-11-34-30(10-1)22-23-31-24-27-33(28-41(31)34)29-20-25-32(26-21-29)44-35-12-3-5-14-37(35)45(38-15-6-4-13-36(38)44)40-17-9-19-43-46(40)39-16-7-8-18-42(39)47-43;1-2-13-30-27(11-1)12-9-19-31(30)28-23-25-29(26-24-28)40-32-14-3-5-16-34(32)41(35-17-6-4-15-33(35)40)37-20-10-22-39-42(37)36-18-7-8-21-38(36)43-39/h2*1-28H;1-26H/i3D,4D,5D,6D,16D,17D,18D,19D;3D,4D,5D,6D,12D,13D,14D,15D;3D,4D,5D,6D,14D,15D,16D,17D. The van der Waals surface area contributed by atoms with Crippen LogP contribution in [0.25, 0.3) is 284 Å². The van der Waals surface area contributed by atoms with Crippen LogP contribution in [0.4, 0.5) is 0 Å². The molecule has 0 spiro atoms. The van der Waals surface area contributed by atoms with Gasteiger partial charge in [0.25, 0.3) is 0 Å². The zero-order chi connectivity index (χ0) is 111. The van der Waals surface area contributed by atoms with E-state index in [1.165, 1.54) is 0 Å². The molecule has 0 radical (unpaired) electrons. The first kappa shape index (κ1) is 58.0. The van der Waals surface area contributed by atoms with Crippen molar-refractivity contribution >= 4 is 184 Å². The maximum Gasteiger partial charge on any atom is 0.136 e. The first-order valence-electron chi connectivity index (χ1n) is 57.2. The molecule has 0 aliphatic heterocycles. The Balaban J connectivity index is 0.000000116. The van der Waals surface area contributed by atoms with E-state index in [9.17, 15) is 16.4 Å². The van der Waals surface area contributed by atoms with Crippen molar-refractivity contribution in [3.63, 3.8) is 0 Å². The summed E-state index contributed by atoms with van der Waals surface area (Å²) in [6.07, 6.45) is 0. The van der Waals surface area contributed by atoms with Crippen LogP contribution in [0.15, 0.2) is 510 Å².